The van der Waals surface area contributed by atoms with E-state index in [-0.39, 0.29) is 29.7 Å². The summed E-state index contributed by atoms with van der Waals surface area (Å²) in [5, 5.41) is 14.5. The van der Waals surface area contributed by atoms with Gasteiger partial charge in [0.25, 0.3) is 5.91 Å². The third kappa shape index (κ3) is 5.10. The minimum absolute atomic E-state index is 0.0441. The molecule has 3 N–H and O–H groups in total. The number of hydrogen-bond acceptors (Lipinski definition) is 4. The fourth-order valence-electron chi connectivity index (χ4n) is 3.27. The predicted molar refractivity (Wildman–Crippen MR) is 98.4 cm³/mol. The van der Waals surface area contributed by atoms with Gasteiger partial charge < -0.3 is 15.7 Å². The lowest BCUT2D eigenvalue weighted by atomic mass is 9.91. The van der Waals surface area contributed by atoms with Crippen LogP contribution in [0.2, 0.25) is 0 Å². The summed E-state index contributed by atoms with van der Waals surface area (Å²) in [6, 6.07) is 9.62. The Balaban J connectivity index is 1.54. The molecule has 1 aromatic carbocycles. The van der Waals surface area contributed by atoms with E-state index >= 15 is 0 Å². The minimum Gasteiger partial charge on any atom is -0.387 e. The standard InChI is InChI=1S/C20H22FN3O3/c21-15-3-1-2-13(10-15)18-9-4-14(11-22-18)20(27)24-17-7-5-16(6-8-17)23-19(26)12-25/h1-4,9-11,16-17,25H,5-8,12H2,(H,23,26)(H,24,27)/t16-,17+. The largest absolute Gasteiger partial charge is 0.387 e. The molecule has 2 amide bonds. The van der Waals surface area contributed by atoms with Crippen LogP contribution in [0, 0.1) is 5.82 Å². The van der Waals surface area contributed by atoms with Gasteiger partial charge in [0, 0.05) is 23.8 Å². The van der Waals surface area contributed by atoms with Gasteiger partial charge in [0.2, 0.25) is 5.91 Å². The molecule has 27 heavy (non-hydrogen) atoms. The second-order valence-electron chi connectivity index (χ2n) is 6.69. The summed E-state index contributed by atoms with van der Waals surface area (Å²) in [6.45, 7) is -0.505. The molecular weight excluding hydrogens is 349 g/mol. The second kappa shape index (κ2) is 8.73. The van der Waals surface area contributed by atoms with Crippen LogP contribution < -0.4 is 10.6 Å². The summed E-state index contributed by atoms with van der Waals surface area (Å²) in [6.07, 6.45) is 4.53. The zero-order chi connectivity index (χ0) is 19.2. The molecule has 0 radical (unpaired) electrons. The highest BCUT2D eigenvalue weighted by Crippen LogP contribution is 2.20. The number of nitrogens with one attached hydrogen (secondary N) is 2. The monoisotopic (exact) mass is 371 g/mol. The van der Waals surface area contributed by atoms with Crippen molar-refractivity contribution >= 4 is 11.8 Å². The Kier molecular flexibility index (Phi) is 6.13. The number of halogens is 1. The third-order valence-electron chi connectivity index (χ3n) is 4.72. The molecule has 3 rings (SSSR count). The summed E-state index contributed by atoms with van der Waals surface area (Å²) < 4.78 is 13.3. The average molecular weight is 371 g/mol. The van der Waals surface area contributed by atoms with E-state index in [4.69, 9.17) is 5.11 Å². The Hall–Kier alpha value is -2.80. The molecule has 1 saturated carbocycles. The number of carbonyl (C=O) groups is 2. The molecule has 1 aliphatic rings. The van der Waals surface area contributed by atoms with Crippen molar-refractivity contribution in [1.29, 1.82) is 0 Å². The molecule has 0 bridgehead atoms. The molecule has 0 unspecified atom stereocenters. The van der Waals surface area contributed by atoms with Crippen LogP contribution in [0.5, 0.6) is 0 Å². The van der Waals surface area contributed by atoms with Crippen LogP contribution >= 0.6 is 0 Å². The van der Waals surface area contributed by atoms with Crippen molar-refractivity contribution in [3.05, 3.63) is 54.0 Å². The number of pyridine rings is 1. The van der Waals surface area contributed by atoms with Crippen LogP contribution in [0.15, 0.2) is 42.6 Å². The van der Waals surface area contributed by atoms with E-state index in [1.54, 1.807) is 24.3 Å². The summed E-state index contributed by atoms with van der Waals surface area (Å²) in [5.41, 5.74) is 1.71. The third-order valence-corrected chi connectivity index (χ3v) is 4.72. The fraction of sp³-hybridized carbons (Fsp3) is 0.350. The van der Waals surface area contributed by atoms with Crippen molar-refractivity contribution in [2.75, 3.05) is 6.61 Å². The zero-order valence-corrected chi connectivity index (χ0v) is 14.8. The number of aliphatic hydroxyl groups is 1. The van der Waals surface area contributed by atoms with Gasteiger partial charge in [0.15, 0.2) is 0 Å². The average Bonchev–Trinajstić information content (AvgIpc) is 2.69. The van der Waals surface area contributed by atoms with E-state index < -0.39 is 6.61 Å². The Morgan fingerprint density at radius 3 is 2.37 bits per heavy atom. The van der Waals surface area contributed by atoms with Crippen LogP contribution in [-0.4, -0.2) is 40.6 Å². The van der Waals surface area contributed by atoms with Gasteiger partial charge in [-0.05, 0) is 49.9 Å². The van der Waals surface area contributed by atoms with Crippen LogP contribution in [0.3, 0.4) is 0 Å². The summed E-state index contributed by atoms with van der Waals surface area (Å²) >= 11 is 0. The predicted octanol–water partition coefficient (Wildman–Crippen LogP) is 2.04. The Morgan fingerprint density at radius 2 is 1.78 bits per heavy atom. The molecule has 0 atom stereocenters. The minimum atomic E-state index is -0.505. The quantitative estimate of drug-likeness (QED) is 0.750. The molecule has 0 spiro atoms. The van der Waals surface area contributed by atoms with E-state index in [1.807, 2.05) is 0 Å². The molecule has 1 fully saturated rings. The van der Waals surface area contributed by atoms with Crippen molar-refractivity contribution in [2.45, 2.75) is 37.8 Å². The second-order valence-corrected chi connectivity index (χ2v) is 6.69. The number of hydrogen-bond donors (Lipinski definition) is 3. The van der Waals surface area contributed by atoms with Gasteiger partial charge in [0.05, 0.1) is 11.3 Å². The van der Waals surface area contributed by atoms with Crippen molar-refractivity contribution in [2.24, 2.45) is 0 Å². The first-order valence-corrected chi connectivity index (χ1v) is 8.98. The lowest BCUT2D eigenvalue weighted by Gasteiger charge is -2.29. The van der Waals surface area contributed by atoms with Crippen molar-refractivity contribution in [3.63, 3.8) is 0 Å². The smallest absolute Gasteiger partial charge is 0.253 e. The normalized spacial score (nSPS) is 19.3. The van der Waals surface area contributed by atoms with Crippen LogP contribution in [-0.2, 0) is 4.79 Å². The number of carbonyl (C=O) groups excluding carboxylic acids is 2. The van der Waals surface area contributed by atoms with Crippen molar-refractivity contribution in [1.82, 2.24) is 15.6 Å². The topological polar surface area (TPSA) is 91.3 Å². The van der Waals surface area contributed by atoms with Crippen LogP contribution in [0.1, 0.15) is 36.0 Å². The SMILES string of the molecule is O=C(CO)N[C@H]1CC[C@@H](NC(=O)c2ccc(-c3cccc(F)c3)nc2)CC1. The fourth-order valence-corrected chi connectivity index (χ4v) is 3.27. The Morgan fingerprint density at radius 1 is 1.07 bits per heavy atom. The van der Waals surface area contributed by atoms with E-state index in [9.17, 15) is 14.0 Å². The highest BCUT2D eigenvalue weighted by atomic mass is 19.1. The molecule has 6 nitrogen and oxygen atoms in total. The lowest BCUT2D eigenvalue weighted by molar-refractivity contribution is -0.124. The number of nitrogens with zero attached hydrogens (tertiary/aromatic N) is 1. The molecule has 0 saturated heterocycles. The highest BCUT2D eigenvalue weighted by molar-refractivity contribution is 5.94. The first-order valence-electron chi connectivity index (χ1n) is 8.98. The number of benzene rings is 1. The highest BCUT2D eigenvalue weighted by Gasteiger charge is 2.23. The molecule has 1 heterocycles. The van der Waals surface area contributed by atoms with Gasteiger partial charge in [0.1, 0.15) is 12.4 Å². The first-order chi connectivity index (χ1) is 13.0. The molecular formula is C20H22FN3O3. The maximum atomic E-state index is 13.3. The van der Waals surface area contributed by atoms with Gasteiger partial charge in [-0.2, -0.15) is 0 Å². The number of aliphatic hydroxyl groups excluding tert-OH is 1. The first kappa shape index (κ1) is 19.0. The van der Waals surface area contributed by atoms with E-state index in [0.717, 1.165) is 25.7 Å². The van der Waals surface area contributed by atoms with Gasteiger partial charge in [-0.25, -0.2) is 4.39 Å². The van der Waals surface area contributed by atoms with E-state index in [2.05, 4.69) is 15.6 Å². The van der Waals surface area contributed by atoms with Gasteiger partial charge >= 0.3 is 0 Å². The van der Waals surface area contributed by atoms with E-state index in [0.29, 0.717) is 16.8 Å². The molecule has 142 valence electrons. The van der Waals surface area contributed by atoms with Gasteiger partial charge in [-0.3, -0.25) is 14.6 Å². The Bertz CT molecular complexity index is 802. The lowest BCUT2D eigenvalue weighted by Crippen LogP contribution is -2.44. The molecule has 0 aliphatic heterocycles. The van der Waals surface area contributed by atoms with E-state index in [1.165, 1.54) is 18.3 Å². The zero-order valence-electron chi connectivity index (χ0n) is 14.8. The molecule has 1 aromatic heterocycles. The van der Waals surface area contributed by atoms with Crippen LogP contribution in [0.25, 0.3) is 11.3 Å². The maximum Gasteiger partial charge on any atom is 0.253 e. The van der Waals surface area contributed by atoms with Crippen LogP contribution in [0.4, 0.5) is 4.39 Å². The Labute approximate surface area is 156 Å². The number of rotatable bonds is 5. The summed E-state index contributed by atoms with van der Waals surface area (Å²) in [4.78, 5) is 27.9. The summed E-state index contributed by atoms with van der Waals surface area (Å²) in [5.74, 6) is -0.898. The number of amides is 2. The van der Waals surface area contributed by atoms with Crippen molar-refractivity contribution in [3.8, 4) is 11.3 Å². The van der Waals surface area contributed by atoms with Crippen molar-refractivity contribution < 1.29 is 19.1 Å². The maximum absolute atomic E-state index is 13.3. The molecule has 7 heteroatoms. The molecule has 1 aliphatic carbocycles. The van der Waals surface area contributed by atoms with Gasteiger partial charge in [-0.1, -0.05) is 12.1 Å². The summed E-state index contributed by atoms with van der Waals surface area (Å²) in [7, 11) is 0. The molecule has 2 aromatic rings. The number of aromatic nitrogens is 1. The van der Waals surface area contributed by atoms with Gasteiger partial charge in [-0.15, -0.1) is 0 Å².